The monoisotopic (exact) mass is 274 g/mol. The third-order valence-corrected chi connectivity index (χ3v) is 2.25. The maximum Gasteiger partial charge on any atom is 0.354 e. The number of aliphatic hydroxyl groups excluding tert-OH is 1. The minimum Gasteiger partial charge on any atom is -0.477 e. The second kappa shape index (κ2) is 6.74. The fourth-order valence-corrected chi connectivity index (χ4v) is 1.39. The number of alkyl halides is 2. The van der Waals surface area contributed by atoms with Crippen molar-refractivity contribution >= 4 is 11.9 Å². The summed E-state index contributed by atoms with van der Waals surface area (Å²) in [5.74, 6) is -1.99. The van der Waals surface area contributed by atoms with Gasteiger partial charge < -0.3 is 15.1 Å². The van der Waals surface area contributed by atoms with E-state index in [1.165, 1.54) is 6.07 Å². The molecule has 1 amide bonds. The molecule has 1 heterocycles. The van der Waals surface area contributed by atoms with Crippen molar-refractivity contribution in [3.8, 4) is 0 Å². The number of aromatic carboxylic acids is 1. The molecule has 0 fully saturated rings. The molecule has 0 aromatic carbocycles. The number of pyridine rings is 1. The van der Waals surface area contributed by atoms with Crippen LogP contribution in [0, 0.1) is 0 Å². The van der Waals surface area contributed by atoms with Gasteiger partial charge in [0.25, 0.3) is 12.3 Å². The second-order valence-electron chi connectivity index (χ2n) is 3.60. The zero-order valence-electron chi connectivity index (χ0n) is 9.79. The van der Waals surface area contributed by atoms with Crippen molar-refractivity contribution < 1.29 is 28.6 Å². The van der Waals surface area contributed by atoms with Gasteiger partial charge in [-0.2, -0.15) is 0 Å². The van der Waals surface area contributed by atoms with E-state index in [0.29, 0.717) is 0 Å². The van der Waals surface area contributed by atoms with Gasteiger partial charge in [0, 0.05) is 12.7 Å². The number of aromatic nitrogens is 1. The SMILES string of the molecule is O=C(O)c1ccc(C(=O)N(CCO)CC(F)F)cn1. The normalized spacial score (nSPS) is 10.5. The average molecular weight is 274 g/mol. The van der Waals surface area contributed by atoms with E-state index in [2.05, 4.69) is 4.98 Å². The molecule has 1 aromatic rings. The summed E-state index contributed by atoms with van der Waals surface area (Å²) in [6.45, 7) is -1.48. The van der Waals surface area contributed by atoms with Crippen LogP contribution in [0.25, 0.3) is 0 Å². The molecule has 0 atom stereocenters. The summed E-state index contributed by atoms with van der Waals surface area (Å²) < 4.78 is 24.6. The van der Waals surface area contributed by atoms with E-state index >= 15 is 0 Å². The summed E-state index contributed by atoms with van der Waals surface area (Å²) in [4.78, 5) is 26.7. The van der Waals surface area contributed by atoms with Crippen molar-refractivity contribution in [2.45, 2.75) is 6.43 Å². The number of carboxylic acid groups (broad SMARTS) is 1. The Morgan fingerprint density at radius 3 is 2.47 bits per heavy atom. The topological polar surface area (TPSA) is 90.7 Å². The number of nitrogens with zero attached hydrogens (tertiary/aromatic N) is 2. The lowest BCUT2D eigenvalue weighted by atomic mass is 10.2. The molecule has 0 radical (unpaired) electrons. The van der Waals surface area contributed by atoms with Gasteiger partial charge in [-0.3, -0.25) is 4.79 Å². The Morgan fingerprint density at radius 2 is 2.05 bits per heavy atom. The van der Waals surface area contributed by atoms with Gasteiger partial charge in [0.05, 0.1) is 18.7 Å². The summed E-state index contributed by atoms with van der Waals surface area (Å²) >= 11 is 0. The predicted molar refractivity (Wildman–Crippen MR) is 60.2 cm³/mol. The number of hydrogen-bond acceptors (Lipinski definition) is 4. The first kappa shape index (κ1) is 15.0. The summed E-state index contributed by atoms with van der Waals surface area (Å²) in [5.41, 5.74) is -0.266. The Kier molecular flexibility index (Phi) is 5.31. The van der Waals surface area contributed by atoms with Gasteiger partial charge in [-0.05, 0) is 12.1 Å². The van der Waals surface area contributed by atoms with Crippen LogP contribution in [-0.4, -0.2) is 58.1 Å². The first-order valence-electron chi connectivity index (χ1n) is 5.33. The molecule has 0 unspecified atom stereocenters. The number of amides is 1. The van der Waals surface area contributed by atoms with Gasteiger partial charge in [0.1, 0.15) is 5.69 Å². The van der Waals surface area contributed by atoms with Crippen LogP contribution in [-0.2, 0) is 0 Å². The molecule has 0 aliphatic heterocycles. The lowest BCUT2D eigenvalue weighted by Gasteiger charge is -2.21. The number of carbonyl (C=O) groups excluding carboxylic acids is 1. The van der Waals surface area contributed by atoms with E-state index in [4.69, 9.17) is 10.2 Å². The maximum absolute atomic E-state index is 12.3. The molecule has 2 N–H and O–H groups in total. The van der Waals surface area contributed by atoms with Crippen molar-refractivity contribution in [2.24, 2.45) is 0 Å². The Morgan fingerprint density at radius 1 is 1.37 bits per heavy atom. The highest BCUT2D eigenvalue weighted by Crippen LogP contribution is 2.07. The molecule has 1 rings (SSSR count). The van der Waals surface area contributed by atoms with Crippen LogP contribution in [0.2, 0.25) is 0 Å². The quantitative estimate of drug-likeness (QED) is 0.787. The average Bonchev–Trinajstić information content (AvgIpc) is 2.37. The second-order valence-corrected chi connectivity index (χ2v) is 3.60. The minimum atomic E-state index is -2.72. The standard InChI is InChI=1S/C11H12F2N2O4/c12-9(13)6-15(3-4-16)10(17)7-1-2-8(11(18)19)14-5-7/h1-2,5,9,16H,3-4,6H2,(H,18,19). The molecular weight excluding hydrogens is 262 g/mol. The van der Waals surface area contributed by atoms with Crippen LogP contribution in [0.1, 0.15) is 20.8 Å². The van der Waals surface area contributed by atoms with Gasteiger partial charge in [0.15, 0.2) is 0 Å². The number of rotatable bonds is 6. The number of aliphatic hydroxyl groups is 1. The molecule has 0 aliphatic carbocycles. The van der Waals surface area contributed by atoms with E-state index in [9.17, 15) is 18.4 Å². The van der Waals surface area contributed by atoms with Crippen molar-refractivity contribution in [3.63, 3.8) is 0 Å². The smallest absolute Gasteiger partial charge is 0.354 e. The summed E-state index contributed by atoms with van der Waals surface area (Å²) in [6, 6.07) is 2.30. The molecule has 1 aromatic heterocycles. The first-order valence-corrected chi connectivity index (χ1v) is 5.33. The van der Waals surface area contributed by atoms with Crippen molar-refractivity contribution in [1.82, 2.24) is 9.88 Å². The maximum atomic E-state index is 12.3. The summed E-state index contributed by atoms with van der Waals surface area (Å²) in [7, 11) is 0. The predicted octanol–water partition coefficient (Wildman–Crippen LogP) is 0.479. The zero-order chi connectivity index (χ0) is 14.4. The Labute approximate surface area is 107 Å². The Bertz CT molecular complexity index is 451. The van der Waals surface area contributed by atoms with Crippen molar-refractivity contribution in [2.75, 3.05) is 19.7 Å². The van der Waals surface area contributed by atoms with Crippen LogP contribution in [0.3, 0.4) is 0 Å². The third-order valence-electron chi connectivity index (χ3n) is 2.25. The molecule has 0 saturated carbocycles. The van der Waals surface area contributed by atoms with Crippen LogP contribution in [0.5, 0.6) is 0 Å². The van der Waals surface area contributed by atoms with Gasteiger partial charge >= 0.3 is 5.97 Å². The fraction of sp³-hybridized carbons (Fsp3) is 0.364. The highest BCUT2D eigenvalue weighted by Gasteiger charge is 2.19. The third kappa shape index (κ3) is 4.25. The highest BCUT2D eigenvalue weighted by atomic mass is 19.3. The number of carboxylic acids is 1. The molecule has 6 nitrogen and oxygen atoms in total. The highest BCUT2D eigenvalue weighted by molar-refractivity contribution is 5.94. The molecular formula is C11H12F2N2O4. The van der Waals surface area contributed by atoms with Gasteiger partial charge in [-0.25, -0.2) is 18.6 Å². The van der Waals surface area contributed by atoms with Gasteiger partial charge in [-0.15, -0.1) is 0 Å². The van der Waals surface area contributed by atoms with E-state index in [1.807, 2.05) is 0 Å². The molecule has 0 spiro atoms. The lowest BCUT2D eigenvalue weighted by molar-refractivity contribution is 0.0508. The van der Waals surface area contributed by atoms with Crippen LogP contribution in [0.15, 0.2) is 18.3 Å². The molecule has 8 heteroatoms. The molecule has 0 bridgehead atoms. The molecule has 19 heavy (non-hydrogen) atoms. The van der Waals surface area contributed by atoms with Gasteiger partial charge in [0.2, 0.25) is 0 Å². The van der Waals surface area contributed by atoms with E-state index in [-0.39, 0.29) is 17.8 Å². The van der Waals surface area contributed by atoms with E-state index in [1.54, 1.807) is 0 Å². The molecule has 0 aliphatic rings. The number of carbonyl (C=O) groups is 2. The Balaban J connectivity index is 2.86. The summed E-state index contributed by atoms with van der Waals surface area (Å²) in [5, 5.41) is 17.4. The molecule has 104 valence electrons. The van der Waals surface area contributed by atoms with Crippen molar-refractivity contribution in [3.05, 3.63) is 29.6 Å². The summed E-state index contributed by atoms with van der Waals surface area (Å²) in [6.07, 6.45) is -1.72. The van der Waals surface area contributed by atoms with Crippen LogP contribution >= 0.6 is 0 Å². The fourth-order valence-electron chi connectivity index (χ4n) is 1.39. The van der Waals surface area contributed by atoms with Crippen LogP contribution in [0.4, 0.5) is 8.78 Å². The van der Waals surface area contributed by atoms with Crippen LogP contribution < -0.4 is 0 Å². The van der Waals surface area contributed by atoms with E-state index < -0.39 is 31.5 Å². The number of halogens is 2. The first-order chi connectivity index (χ1) is 8.95. The van der Waals surface area contributed by atoms with E-state index in [0.717, 1.165) is 17.2 Å². The molecule has 0 saturated heterocycles. The zero-order valence-corrected chi connectivity index (χ0v) is 9.79. The van der Waals surface area contributed by atoms with Crippen molar-refractivity contribution in [1.29, 1.82) is 0 Å². The van der Waals surface area contributed by atoms with Gasteiger partial charge in [-0.1, -0.05) is 0 Å². The largest absolute Gasteiger partial charge is 0.477 e. The Hall–Kier alpha value is -2.09. The minimum absolute atomic E-state index is 0.0147. The number of hydrogen-bond donors (Lipinski definition) is 2. The lowest BCUT2D eigenvalue weighted by Crippen LogP contribution is -2.37.